The Kier molecular flexibility index (Phi) is 16.8. The molecule has 2 atom stereocenters. The van der Waals surface area contributed by atoms with Gasteiger partial charge < -0.3 is 19.7 Å². The van der Waals surface area contributed by atoms with E-state index in [0.29, 0.717) is 55.0 Å². The molecule has 0 fully saturated rings. The first-order valence-corrected chi connectivity index (χ1v) is 22.8. The van der Waals surface area contributed by atoms with E-state index >= 15 is 0 Å². The molecule has 1 aliphatic heterocycles. The standard InChI is InChI=1S/C40H54N2O12S3/c1-30-16-18-33(57(50,51)52)29-34(30)39(3,20-12-26-55(44,45)46)31(2)14-10-8-7-9-11-15-37-40(4,21-13-27-56(47,48)49)35-28-32(38(43)41-22-24-53-5)17-19-36(35)42(37)23-25-54-6/h7-11,14-19,28-29H,2,12-13,20-27H2,1,3-6H3,(H,41,43)(H,44,45,46)(H,47,48,49)(H,50,51,52)/b8-7+,11-9+,14-10+,37-15+. The molecule has 57 heavy (non-hydrogen) atoms. The van der Waals surface area contributed by atoms with Crippen LogP contribution in [0.4, 0.5) is 5.69 Å². The number of nitrogens with one attached hydrogen (secondary N) is 1. The van der Waals surface area contributed by atoms with Gasteiger partial charge in [0, 0.05) is 55.1 Å². The molecule has 1 amide bonds. The van der Waals surface area contributed by atoms with Gasteiger partial charge in [-0.1, -0.05) is 56.0 Å². The number of carbonyl (C=O) groups excluding carboxylic acids is 1. The zero-order valence-corrected chi connectivity index (χ0v) is 35.4. The molecule has 0 radical (unpaired) electrons. The van der Waals surface area contributed by atoms with Crippen LogP contribution >= 0.6 is 0 Å². The van der Waals surface area contributed by atoms with E-state index in [9.17, 15) is 43.7 Å². The van der Waals surface area contributed by atoms with Gasteiger partial charge in [0.25, 0.3) is 36.3 Å². The second kappa shape index (κ2) is 20.2. The van der Waals surface area contributed by atoms with Gasteiger partial charge in [0.15, 0.2) is 0 Å². The van der Waals surface area contributed by atoms with Crippen LogP contribution in [0.15, 0.2) is 102 Å². The summed E-state index contributed by atoms with van der Waals surface area (Å²) in [5.41, 5.74) is 2.92. The summed E-state index contributed by atoms with van der Waals surface area (Å²) in [7, 11) is -9.87. The smallest absolute Gasteiger partial charge is 0.294 e. The molecule has 3 rings (SSSR count). The quantitative estimate of drug-likeness (QED) is 0.0633. The van der Waals surface area contributed by atoms with Crippen LogP contribution < -0.4 is 10.2 Å². The largest absolute Gasteiger partial charge is 0.383 e. The van der Waals surface area contributed by atoms with Gasteiger partial charge in [-0.05, 0) is 98.2 Å². The van der Waals surface area contributed by atoms with Gasteiger partial charge in [-0.3, -0.25) is 18.5 Å². The maximum absolute atomic E-state index is 13.0. The topological polar surface area (TPSA) is 214 Å². The van der Waals surface area contributed by atoms with Crippen LogP contribution in [0.3, 0.4) is 0 Å². The van der Waals surface area contributed by atoms with Crippen molar-refractivity contribution in [1.82, 2.24) is 5.32 Å². The SMILES string of the molecule is C=C(/C=C/C=C/C=C/C=C1/N(CCOC)c2ccc(C(=O)NCCOC)cc2C1(C)CCCS(=O)(=O)O)C(C)(CCCS(=O)(=O)O)c1cc(S(=O)(=O)O)ccc1C. The number of hydrogen-bond acceptors (Lipinski definition) is 10. The number of hydrogen-bond donors (Lipinski definition) is 4. The fourth-order valence-electron chi connectivity index (χ4n) is 6.98. The van der Waals surface area contributed by atoms with Crippen molar-refractivity contribution >= 4 is 41.9 Å². The Balaban J connectivity index is 1.97. The monoisotopic (exact) mass is 850 g/mol. The number of allylic oxidation sites excluding steroid dienone is 9. The van der Waals surface area contributed by atoms with E-state index in [1.807, 2.05) is 31.2 Å². The third-order valence-corrected chi connectivity index (χ3v) is 12.5. The Labute approximate surface area is 337 Å². The van der Waals surface area contributed by atoms with E-state index in [4.69, 9.17) is 9.47 Å². The summed E-state index contributed by atoms with van der Waals surface area (Å²) in [6, 6.07) is 9.57. The van der Waals surface area contributed by atoms with Crippen LogP contribution in [-0.2, 0) is 50.7 Å². The van der Waals surface area contributed by atoms with E-state index in [2.05, 4.69) is 16.8 Å². The van der Waals surface area contributed by atoms with E-state index in [0.717, 1.165) is 16.9 Å². The average molecular weight is 851 g/mol. The summed E-state index contributed by atoms with van der Waals surface area (Å²) in [5, 5.41) is 2.83. The molecular weight excluding hydrogens is 797 g/mol. The van der Waals surface area contributed by atoms with Crippen molar-refractivity contribution in [3.05, 3.63) is 119 Å². The zero-order valence-electron chi connectivity index (χ0n) is 33.0. The van der Waals surface area contributed by atoms with Crippen LogP contribution in [-0.4, -0.2) is 96.8 Å². The molecule has 0 saturated carbocycles. The summed E-state index contributed by atoms with van der Waals surface area (Å²) in [6.07, 6.45) is 13.2. The molecule has 1 aliphatic rings. The summed E-state index contributed by atoms with van der Waals surface area (Å²) in [5.74, 6) is -1.21. The Hall–Kier alpha value is -3.94. The lowest BCUT2D eigenvalue weighted by Gasteiger charge is -2.33. The number of rotatable bonds is 22. The van der Waals surface area contributed by atoms with E-state index in [-0.39, 0.29) is 30.1 Å². The first kappa shape index (κ1) is 47.4. The number of methoxy groups -OCH3 is 2. The lowest BCUT2D eigenvalue weighted by molar-refractivity contribution is 0.0937. The van der Waals surface area contributed by atoms with E-state index < -0.39 is 52.7 Å². The van der Waals surface area contributed by atoms with Crippen LogP contribution in [0.5, 0.6) is 0 Å². The lowest BCUT2D eigenvalue weighted by atomic mass is 9.71. The maximum Gasteiger partial charge on any atom is 0.294 e. The second-order valence-corrected chi connectivity index (χ2v) is 18.8. The molecule has 2 unspecified atom stereocenters. The summed E-state index contributed by atoms with van der Waals surface area (Å²) < 4.78 is 109. The normalized spacial score (nSPS) is 18.2. The van der Waals surface area contributed by atoms with Crippen molar-refractivity contribution in [1.29, 1.82) is 0 Å². The predicted octanol–water partition coefficient (Wildman–Crippen LogP) is 5.74. The summed E-state index contributed by atoms with van der Waals surface area (Å²) in [4.78, 5) is 14.8. The van der Waals surface area contributed by atoms with Crippen molar-refractivity contribution < 1.29 is 53.2 Å². The van der Waals surface area contributed by atoms with Crippen molar-refractivity contribution in [3.8, 4) is 0 Å². The van der Waals surface area contributed by atoms with Gasteiger partial charge >= 0.3 is 0 Å². The fraction of sp³-hybridized carbons (Fsp3) is 0.425. The molecule has 0 spiro atoms. The minimum Gasteiger partial charge on any atom is -0.383 e. The van der Waals surface area contributed by atoms with Crippen LogP contribution in [0.25, 0.3) is 0 Å². The highest BCUT2D eigenvalue weighted by Crippen LogP contribution is 2.51. The van der Waals surface area contributed by atoms with Crippen LogP contribution in [0.2, 0.25) is 0 Å². The minimum atomic E-state index is -4.53. The van der Waals surface area contributed by atoms with E-state index in [1.165, 1.54) is 12.1 Å². The predicted molar refractivity (Wildman–Crippen MR) is 222 cm³/mol. The molecule has 17 heteroatoms. The lowest BCUT2D eigenvalue weighted by Crippen LogP contribution is -2.31. The number of carbonyl (C=O) groups is 1. The first-order chi connectivity index (χ1) is 26.6. The van der Waals surface area contributed by atoms with Gasteiger partial charge in [0.1, 0.15) is 0 Å². The molecule has 0 aliphatic carbocycles. The van der Waals surface area contributed by atoms with Gasteiger partial charge in [-0.2, -0.15) is 25.3 Å². The van der Waals surface area contributed by atoms with Gasteiger partial charge in [0.05, 0.1) is 29.6 Å². The number of benzene rings is 2. The molecule has 2 aromatic rings. The van der Waals surface area contributed by atoms with E-state index in [1.54, 1.807) is 70.6 Å². The van der Waals surface area contributed by atoms with Gasteiger partial charge in [0.2, 0.25) is 0 Å². The Morgan fingerprint density at radius 2 is 1.53 bits per heavy atom. The Morgan fingerprint density at radius 3 is 2.16 bits per heavy atom. The fourth-order valence-corrected chi connectivity index (χ4v) is 8.51. The molecule has 0 aromatic heterocycles. The van der Waals surface area contributed by atoms with Crippen molar-refractivity contribution in [2.45, 2.75) is 62.2 Å². The Morgan fingerprint density at radius 1 is 0.895 bits per heavy atom. The number of aryl methyl sites for hydroxylation is 1. The van der Waals surface area contributed by atoms with Crippen molar-refractivity contribution in [3.63, 3.8) is 0 Å². The number of ether oxygens (including phenoxy) is 2. The molecule has 4 N–H and O–H groups in total. The molecule has 314 valence electrons. The molecule has 14 nitrogen and oxygen atoms in total. The highest BCUT2D eigenvalue weighted by molar-refractivity contribution is 7.86. The number of nitrogens with zero attached hydrogens (tertiary/aromatic N) is 1. The minimum absolute atomic E-state index is 0.0495. The average Bonchev–Trinajstić information content (AvgIpc) is 3.34. The molecule has 0 bridgehead atoms. The molecule has 2 aromatic carbocycles. The first-order valence-electron chi connectivity index (χ1n) is 18.2. The number of fused-ring (bicyclic) bond motifs is 1. The number of amides is 1. The van der Waals surface area contributed by atoms with Crippen LogP contribution in [0.1, 0.15) is 66.6 Å². The van der Waals surface area contributed by atoms with Crippen LogP contribution in [0, 0.1) is 6.92 Å². The van der Waals surface area contributed by atoms with Crippen molar-refractivity contribution in [2.75, 3.05) is 56.9 Å². The highest BCUT2D eigenvalue weighted by Gasteiger charge is 2.43. The van der Waals surface area contributed by atoms with Gasteiger partial charge in [-0.15, -0.1) is 0 Å². The maximum atomic E-state index is 13.0. The third kappa shape index (κ3) is 13.3. The molecular formula is C40H54N2O12S3. The Bertz CT molecular complexity index is 2230. The summed E-state index contributed by atoms with van der Waals surface area (Å²) in [6.45, 7) is 11.2. The van der Waals surface area contributed by atoms with Gasteiger partial charge in [-0.25, -0.2) is 0 Å². The highest BCUT2D eigenvalue weighted by atomic mass is 32.2. The van der Waals surface area contributed by atoms with Crippen molar-refractivity contribution in [2.24, 2.45) is 0 Å². The summed E-state index contributed by atoms with van der Waals surface area (Å²) >= 11 is 0. The second-order valence-electron chi connectivity index (χ2n) is 14.2. The number of anilines is 1. The third-order valence-electron chi connectivity index (χ3n) is 10.1. The molecule has 0 saturated heterocycles. The zero-order chi connectivity index (χ0) is 42.7. The molecule has 1 heterocycles.